The molecule has 0 fully saturated rings. The Hall–Kier alpha value is -4.65. The Labute approximate surface area is 214 Å². The van der Waals surface area contributed by atoms with E-state index in [4.69, 9.17) is 5.10 Å². The lowest BCUT2D eigenvalue weighted by atomic mass is 10.0. The predicted molar refractivity (Wildman–Crippen MR) is 142 cm³/mol. The van der Waals surface area contributed by atoms with Crippen LogP contribution in [0.1, 0.15) is 34.1 Å². The van der Waals surface area contributed by atoms with Gasteiger partial charge < -0.3 is 14.8 Å². The van der Waals surface area contributed by atoms with Gasteiger partial charge in [-0.25, -0.2) is 13.9 Å². The lowest BCUT2D eigenvalue weighted by Crippen LogP contribution is -2.38. The number of carbonyl (C=O) groups excluding carboxylic acids is 1. The van der Waals surface area contributed by atoms with Crippen LogP contribution in [0.2, 0.25) is 0 Å². The molecule has 0 saturated carbocycles. The van der Waals surface area contributed by atoms with Gasteiger partial charge >= 0.3 is 6.03 Å². The van der Waals surface area contributed by atoms with Gasteiger partial charge in [0.05, 0.1) is 29.7 Å². The van der Waals surface area contributed by atoms with Crippen LogP contribution in [-0.2, 0) is 6.54 Å². The molecule has 0 saturated heterocycles. The van der Waals surface area contributed by atoms with Gasteiger partial charge in [0.15, 0.2) is 0 Å². The first-order chi connectivity index (χ1) is 18.0. The van der Waals surface area contributed by atoms with Crippen LogP contribution in [0.5, 0.6) is 0 Å². The van der Waals surface area contributed by atoms with E-state index in [0.29, 0.717) is 17.8 Å². The average molecular weight is 492 g/mol. The van der Waals surface area contributed by atoms with Crippen molar-refractivity contribution in [3.8, 4) is 11.5 Å². The molecule has 1 atom stereocenters. The van der Waals surface area contributed by atoms with E-state index in [0.717, 1.165) is 34.0 Å². The van der Waals surface area contributed by atoms with Gasteiger partial charge in [0.1, 0.15) is 11.6 Å². The van der Waals surface area contributed by atoms with Crippen LogP contribution in [0.4, 0.5) is 14.9 Å². The van der Waals surface area contributed by atoms with Gasteiger partial charge in [-0.2, -0.15) is 5.10 Å². The van der Waals surface area contributed by atoms with E-state index >= 15 is 0 Å². The van der Waals surface area contributed by atoms with Crippen LogP contribution in [0.25, 0.3) is 11.5 Å². The Morgan fingerprint density at radius 3 is 2.54 bits per heavy atom. The van der Waals surface area contributed by atoms with E-state index in [2.05, 4.69) is 9.88 Å². The quantitative estimate of drug-likeness (QED) is 0.311. The first-order valence-electron chi connectivity index (χ1n) is 12.2. The predicted octanol–water partition coefficient (Wildman–Crippen LogP) is 6.56. The second kappa shape index (κ2) is 9.09. The lowest BCUT2D eigenvalue weighted by molar-refractivity contribution is 0.194. The number of nitrogens with one attached hydrogen (secondary N) is 1. The number of nitrogens with zero attached hydrogens (tertiary/aromatic N) is 4. The Kier molecular flexibility index (Phi) is 5.60. The first-order valence-corrected chi connectivity index (χ1v) is 12.2. The fraction of sp³-hybridized carbons (Fsp3) is 0.133. The molecule has 0 bridgehead atoms. The highest BCUT2D eigenvalue weighted by molar-refractivity contribution is 5.90. The lowest BCUT2D eigenvalue weighted by Gasteiger charge is -2.31. The van der Waals surface area contributed by atoms with Crippen molar-refractivity contribution >= 4 is 11.7 Å². The number of amides is 2. The summed E-state index contributed by atoms with van der Waals surface area (Å²) >= 11 is 0. The van der Waals surface area contributed by atoms with Gasteiger partial charge in [-0.15, -0.1) is 0 Å². The number of benzene rings is 3. The van der Waals surface area contributed by atoms with Crippen LogP contribution in [0, 0.1) is 19.7 Å². The number of anilines is 1. The minimum Gasteiger partial charge on any atom is -0.308 e. The number of carbonyl (C=O) groups is 1. The van der Waals surface area contributed by atoms with Gasteiger partial charge in [-0.05, 0) is 73.5 Å². The number of fused-ring (bicyclic) bond motifs is 3. The third kappa shape index (κ3) is 4.08. The molecule has 0 unspecified atom stereocenters. The highest BCUT2D eigenvalue weighted by Gasteiger charge is 2.36. The third-order valence-corrected chi connectivity index (χ3v) is 6.78. The van der Waals surface area contributed by atoms with E-state index in [1.54, 1.807) is 11.0 Å². The number of aromatic nitrogens is 3. The molecule has 2 aromatic heterocycles. The van der Waals surface area contributed by atoms with E-state index in [1.165, 1.54) is 12.1 Å². The van der Waals surface area contributed by atoms with E-state index in [1.807, 2.05) is 97.5 Å². The van der Waals surface area contributed by atoms with E-state index < -0.39 is 6.04 Å². The molecule has 0 aliphatic carbocycles. The number of aryl methyl sites for hydroxylation is 2. The maximum atomic E-state index is 14.5. The van der Waals surface area contributed by atoms with Crippen LogP contribution in [0.3, 0.4) is 0 Å². The summed E-state index contributed by atoms with van der Waals surface area (Å²) in [6.07, 6.45) is 1.98. The van der Waals surface area contributed by atoms with Gasteiger partial charge in [-0.3, -0.25) is 0 Å². The highest BCUT2D eigenvalue weighted by atomic mass is 19.1. The van der Waals surface area contributed by atoms with Crippen molar-refractivity contribution in [1.82, 2.24) is 19.2 Å². The van der Waals surface area contributed by atoms with Crippen molar-refractivity contribution in [2.24, 2.45) is 0 Å². The Balaban J connectivity index is 1.54. The number of urea groups is 1. The largest absolute Gasteiger partial charge is 0.322 e. The molecule has 184 valence electrons. The molecular weight excluding hydrogens is 465 g/mol. The molecule has 3 heterocycles. The molecule has 1 aliphatic heterocycles. The van der Waals surface area contributed by atoms with E-state index in [-0.39, 0.29) is 11.8 Å². The Bertz CT molecular complexity index is 1600. The van der Waals surface area contributed by atoms with Crippen LogP contribution >= 0.6 is 0 Å². The van der Waals surface area contributed by atoms with Gasteiger partial charge in [-0.1, -0.05) is 42.5 Å². The minimum atomic E-state index is -0.522. The SMILES string of the molecule is Cc1cccc(NC(=O)N2Cc3c(C)nn(-c4ccccc4)c3-n3cccc3[C@@H]2c2cccc(F)c2)c1. The number of hydrogen-bond donors (Lipinski definition) is 1. The number of halogens is 1. The second-order valence-electron chi connectivity index (χ2n) is 9.32. The second-order valence-corrected chi connectivity index (χ2v) is 9.32. The molecule has 2 amide bonds. The topological polar surface area (TPSA) is 55.1 Å². The van der Waals surface area contributed by atoms with Crippen molar-refractivity contribution in [2.75, 3.05) is 5.32 Å². The summed E-state index contributed by atoms with van der Waals surface area (Å²) in [5, 5.41) is 7.92. The Morgan fingerprint density at radius 1 is 0.946 bits per heavy atom. The fourth-order valence-electron chi connectivity index (χ4n) is 5.09. The third-order valence-electron chi connectivity index (χ3n) is 6.78. The molecule has 7 heteroatoms. The molecule has 0 spiro atoms. The molecule has 1 aliphatic rings. The molecular formula is C30H26FN5O. The van der Waals surface area contributed by atoms with E-state index in [9.17, 15) is 9.18 Å². The standard InChI is InChI=1S/C30H26FN5O/c1-20-9-6-12-24(17-20)32-30(37)35-19-26-21(2)33-36(25-13-4-3-5-14-25)29(26)34-16-8-15-27(34)28(35)22-10-7-11-23(31)18-22/h3-18,28H,19H2,1-2H3,(H,32,37)/t28-/m0/s1. The maximum Gasteiger partial charge on any atom is 0.322 e. The zero-order valence-electron chi connectivity index (χ0n) is 20.6. The van der Waals surface area contributed by atoms with Crippen molar-refractivity contribution in [3.05, 3.63) is 131 Å². The normalized spacial score (nSPS) is 14.6. The summed E-state index contributed by atoms with van der Waals surface area (Å²) in [5.41, 5.74) is 5.98. The summed E-state index contributed by atoms with van der Waals surface area (Å²) in [5.74, 6) is 0.527. The van der Waals surface area contributed by atoms with Crippen molar-refractivity contribution in [2.45, 2.75) is 26.4 Å². The zero-order chi connectivity index (χ0) is 25.5. The van der Waals surface area contributed by atoms with Gasteiger partial charge in [0, 0.05) is 17.4 Å². The smallest absolute Gasteiger partial charge is 0.308 e. The summed E-state index contributed by atoms with van der Waals surface area (Å²) in [6, 6.07) is 27.2. The summed E-state index contributed by atoms with van der Waals surface area (Å²) in [4.78, 5) is 15.7. The Morgan fingerprint density at radius 2 is 1.76 bits per heavy atom. The summed E-state index contributed by atoms with van der Waals surface area (Å²) in [7, 11) is 0. The highest BCUT2D eigenvalue weighted by Crippen LogP contribution is 2.38. The summed E-state index contributed by atoms with van der Waals surface area (Å²) < 4.78 is 18.4. The maximum absolute atomic E-state index is 14.5. The molecule has 1 N–H and O–H groups in total. The van der Waals surface area contributed by atoms with Crippen LogP contribution < -0.4 is 5.32 Å². The zero-order valence-corrected chi connectivity index (χ0v) is 20.6. The average Bonchev–Trinajstić information content (AvgIpc) is 3.45. The molecule has 6 rings (SSSR count). The first kappa shape index (κ1) is 22.8. The fourth-order valence-corrected chi connectivity index (χ4v) is 5.09. The molecule has 0 radical (unpaired) electrons. The molecule has 3 aromatic carbocycles. The van der Waals surface area contributed by atoms with Crippen molar-refractivity contribution < 1.29 is 9.18 Å². The van der Waals surface area contributed by atoms with Gasteiger partial charge in [0.2, 0.25) is 0 Å². The number of rotatable bonds is 3. The van der Waals surface area contributed by atoms with Crippen molar-refractivity contribution in [3.63, 3.8) is 0 Å². The molecule has 37 heavy (non-hydrogen) atoms. The summed E-state index contributed by atoms with van der Waals surface area (Å²) in [6.45, 7) is 4.24. The molecule has 6 nitrogen and oxygen atoms in total. The molecule has 5 aromatic rings. The minimum absolute atomic E-state index is 0.271. The van der Waals surface area contributed by atoms with Crippen molar-refractivity contribution in [1.29, 1.82) is 0 Å². The van der Waals surface area contributed by atoms with Crippen LogP contribution in [0.15, 0.2) is 97.2 Å². The van der Waals surface area contributed by atoms with Gasteiger partial charge in [0.25, 0.3) is 0 Å². The number of para-hydroxylation sites is 1. The van der Waals surface area contributed by atoms with Crippen LogP contribution in [-0.4, -0.2) is 25.3 Å². The number of hydrogen-bond acceptors (Lipinski definition) is 2. The monoisotopic (exact) mass is 491 g/mol.